The van der Waals surface area contributed by atoms with E-state index in [0.29, 0.717) is 6.54 Å². The normalized spacial score (nSPS) is 12.7. The maximum absolute atomic E-state index is 12.8. The third kappa shape index (κ3) is 2.92. The molecule has 0 aliphatic rings. The topological polar surface area (TPSA) is 139 Å². The molecule has 12 nitrogen and oxygen atoms in total. The summed E-state index contributed by atoms with van der Waals surface area (Å²) in [4.78, 5) is 25.2. The number of aryl methyl sites for hydroxylation is 1. The molecule has 13 heteroatoms. The number of nitrogens with zero attached hydrogens (tertiary/aromatic N) is 10. The number of hydrogen-bond donors (Lipinski definition) is 0. The summed E-state index contributed by atoms with van der Waals surface area (Å²) >= 11 is 0. The van der Waals surface area contributed by atoms with Crippen LogP contribution >= 0.6 is 0 Å². The van der Waals surface area contributed by atoms with Crippen LogP contribution < -0.4 is 11.1 Å². The molecule has 4 rings (SSSR count). The summed E-state index contributed by atoms with van der Waals surface area (Å²) in [5, 5.41) is 26.9. The highest BCUT2D eigenvalue weighted by Crippen LogP contribution is 2.14. The van der Waals surface area contributed by atoms with Crippen molar-refractivity contribution in [3.63, 3.8) is 0 Å². The van der Waals surface area contributed by atoms with Gasteiger partial charge in [0.1, 0.15) is 24.0 Å². The molecule has 0 aliphatic heterocycles. The molecule has 0 spiro atoms. The van der Waals surface area contributed by atoms with Crippen molar-refractivity contribution < 1.29 is 4.39 Å². The highest BCUT2D eigenvalue weighted by atomic mass is 19.1. The smallest absolute Gasteiger partial charge is 0.267 e. The van der Waals surface area contributed by atoms with E-state index in [1.54, 1.807) is 6.92 Å². The summed E-state index contributed by atoms with van der Waals surface area (Å²) < 4.78 is 16.1. The fraction of sp³-hybridized carbons (Fsp3) is 0.357. The van der Waals surface area contributed by atoms with Gasteiger partial charge in [0.05, 0.1) is 29.9 Å². The van der Waals surface area contributed by atoms with Gasteiger partial charge in [-0.1, -0.05) is 10.4 Å². The van der Waals surface area contributed by atoms with Crippen molar-refractivity contribution in [3.05, 3.63) is 39.2 Å². The lowest BCUT2D eigenvalue weighted by Crippen LogP contribution is -2.30. The molecule has 1 unspecified atom stereocenters. The lowest BCUT2D eigenvalue weighted by Gasteiger charge is -2.12. The van der Waals surface area contributed by atoms with Crippen molar-refractivity contribution in [2.75, 3.05) is 6.67 Å². The van der Waals surface area contributed by atoms with Gasteiger partial charge >= 0.3 is 0 Å². The molecule has 138 valence electrons. The van der Waals surface area contributed by atoms with Crippen LogP contribution in [0.15, 0.2) is 28.0 Å². The van der Waals surface area contributed by atoms with Gasteiger partial charge in [0, 0.05) is 0 Å². The average molecular weight is 372 g/mol. The first-order chi connectivity index (χ1) is 13.1. The second-order valence-corrected chi connectivity index (χ2v) is 5.91. The van der Waals surface area contributed by atoms with Crippen molar-refractivity contribution in [1.82, 2.24) is 50.2 Å². The van der Waals surface area contributed by atoms with E-state index in [9.17, 15) is 14.0 Å². The number of benzene rings is 1. The predicted molar refractivity (Wildman–Crippen MR) is 89.7 cm³/mol. The van der Waals surface area contributed by atoms with Gasteiger partial charge < -0.3 is 0 Å². The van der Waals surface area contributed by atoms with Crippen molar-refractivity contribution >= 4 is 21.8 Å². The largest absolute Gasteiger partial charge is 0.277 e. The zero-order chi connectivity index (χ0) is 19.0. The summed E-state index contributed by atoms with van der Waals surface area (Å²) in [5.41, 5.74) is -0.419. The summed E-state index contributed by atoms with van der Waals surface area (Å²) in [6.45, 7) is 1.17. The second-order valence-electron chi connectivity index (χ2n) is 5.91. The number of alkyl halides is 1. The molecule has 0 saturated carbocycles. The van der Waals surface area contributed by atoms with Crippen molar-refractivity contribution in [2.45, 2.75) is 26.1 Å². The molecule has 0 amide bonds. The highest BCUT2D eigenvalue weighted by molar-refractivity contribution is 5.93. The first-order valence-corrected chi connectivity index (χ1v) is 8.02. The van der Waals surface area contributed by atoms with Crippen LogP contribution in [0, 0.1) is 0 Å². The van der Waals surface area contributed by atoms with Gasteiger partial charge in [-0.05, 0) is 29.5 Å². The summed E-state index contributed by atoms with van der Waals surface area (Å²) in [5.74, 6) is 0. The Morgan fingerprint density at radius 3 is 2.41 bits per heavy atom. The molecule has 3 heterocycles. The Morgan fingerprint density at radius 1 is 1.04 bits per heavy atom. The molecule has 1 atom stereocenters. The van der Waals surface area contributed by atoms with E-state index in [2.05, 4.69) is 36.1 Å². The second kappa shape index (κ2) is 6.59. The van der Waals surface area contributed by atoms with Gasteiger partial charge in [-0.15, -0.1) is 15.3 Å². The number of rotatable bonds is 5. The lowest BCUT2D eigenvalue weighted by molar-refractivity contribution is 0.375. The Bertz CT molecular complexity index is 1230. The molecule has 0 fully saturated rings. The fourth-order valence-electron chi connectivity index (χ4n) is 2.75. The third-order valence-corrected chi connectivity index (χ3v) is 4.08. The van der Waals surface area contributed by atoms with Crippen LogP contribution in [-0.4, -0.2) is 56.9 Å². The lowest BCUT2D eigenvalue weighted by atomic mass is 10.2. The van der Waals surface area contributed by atoms with Crippen LogP contribution in [0.4, 0.5) is 4.39 Å². The van der Waals surface area contributed by atoms with Crippen LogP contribution in [0.2, 0.25) is 0 Å². The maximum Gasteiger partial charge on any atom is 0.277 e. The third-order valence-electron chi connectivity index (χ3n) is 4.08. The molecule has 1 aromatic carbocycles. The van der Waals surface area contributed by atoms with Gasteiger partial charge in [0.25, 0.3) is 11.1 Å². The van der Waals surface area contributed by atoms with Gasteiger partial charge in [0.15, 0.2) is 0 Å². The number of fused-ring (bicyclic) bond motifs is 2. The molecular weight excluding hydrogens is 359 g/mol. The van der Waals surface area contributed by atoms with Crippen molar-refractivity contribution in [1.29, 1.82) is 0 Å². The van der Waals surface area contributed by atoms with E-state index >= 15 is 0 Å². The molecule has 3 aromatic heterocycles. The van der Waals surface area contributed by atoms with Crippen LogP contribution in [0.3, 0.4) is 0 Å². The monoisotopic (exact) mass is 372 g/mol. The molecule has 0 N–H and O–H groups in total. The Labute approximate surface area is 149 Å². The quantitative estimate of drug-likeness (QED) is 0.408. The van der Waals surface area contributed by atoms with Gasteiger partial charge in [-0.2, -0.15) is 0 Å². The van der Waals surface area contributed by atoms with E-state index in [1.165, 1.54) is 27.8 Å². The fourth-order valence-corrected chi connectivity index (χ4v) is 2.75. The van der Waals surface area contributed by atoms with E-state index in [4.69, 9.17) is 0 Å². The first kappa shape index (κ1) is 16.8. The molecule has 0 radical (unpaired) electrons. The van der Waals surface area contributed by atoms with Crippen molar-refractivity contribution in [2.24, 2.45) is 0 Å². The zero-order valence-corrected chi connectivity index (χ0v) is 14.1. The summed E-state index contributed by atoms with van der Waals surface area (Å²) in [6, 6.07) is 2.49. The van der Waals surface area contributed by atoms with Gasteiger partial charge in [-0.25, -0.2) is 18.4 Å². The predicted octanol–water partition coefficient (Wildman–Crippen LogP) is -0.886. The van der Waals surface area contributed by atoms with Crippen molar-refractivity contribution in [3.8, 4) is 0 Å². The molecule has 0 aliphatic carbocycles. The van der Waals surface area contributed by atoms with E-state index in [1.807, 2.05) is 0 Å². The van der Waals surface area contributed by atoms with Crippen LogP contribution in [0.25, 0.3) is 21.8 Å². The molecule has 0 saturated heterocycles. The van der Waals surface area contributed by atoms with Crippen LogP contribution in [-0.2, 0) is 13.1 Å². The maximum atomic E-state index is 12.8. The molecule has 4 aromatic rings. The van der Waals surface area contributed by atoms with Crippen LogP contribution in [0.1, 0.15) is 13.0 Å². The Hall–Kier alpha value is -3.64. The molecular formula is C14H13FN10O2. The number of hydrogen-bond acceptors (Lipinski definition) is 9. The minimum absolute atomic E-state index is 0.193. The molecule has 0 bridgehead atoms. The number of tetrazole rings is 1. The van der Waals surface area contributed by atoms with Gasteiger partial charge in [0.2, 0.25) is 0 Å². The van der Waals surface area contributed by atoms with E-state index < -0.39 is 17.8 Å². The summed E-state index contributed by atoms with van der Waals surface area (Å²) in [7, 11) is 0. The average Bonchev–Trinajstić information content (AvgIpc) is 3.17. The van der Waals surface area contributed by atoms with E-state index in [-0.39, 0.29) is 34.4 Å². The zero-order valence-electron chi connectivity index (χ0n) is 14.1. The Morgan fingerprint density at radius 2 is 1.74 bits per heavy atom. The number of aromatic nitrogens is 10. The minimum atomic E-state index is -0.739. The van der Waals surface area contributed by atoms with Crippen LogP contribution in [0.5, 0.6) is 0 Å². The SMILES string of the molecule is CC(Cn1cnnn1)n1nnc2cc3c(=O)n(CCF)nnc3cc2c1=O. The molecule has 27 heavy (non-hydrogen) atoms. The Kier molecular flexibility index (Phi) is 4.10. The van der Waals surface area contributed by atoms with Gasteiger partial charge in [-0.3, -0.25) is 9.59 Å². The summed E-state index contributed by atoms with van der Waals surface area (Å²) in [6.07, 6.45) is 1.43. The Balaban J connectivity index is 1.83. The minimum Gasteiger partial charge on any atom is -0.267 e. The highest BCUT2D eigenvalue weighted by Gasteiger charge is 2.15. The standard InChI is InChI=1S/C14H13FN10O2/c1-8(6-23-7-16-19-22-23)25-14(27)10-5-11-9(4-12(10)18-21-25)13(26)24(3-2-15)20-17-11/h4-5,7-8H,2-3,6H2,1H3. The number of halogens is 1. The van der Waals surface area contributed by atoms with E-state index in [0.717, 1.165) is 4.68 Å². The first-order valence-electron chi connectivity index (χ1n) is 8.02.